The summed E-state index contributed by atoms with van der Waals surface area (Å²) in [7, 11) is 0. The highest BCUT2D eigenvalue weighted by Crippen LogP contribution is 2.26. The minimum absolute atomic E-state index is 0.0138. The number of para-hydroxylation sites is 1. The number of carboxylic acids is 1. The Bertz CT molecular complexity index is 3620. The molecule has 4 aromatic rings. The van der Waals surface area contributed by atoms with Crippen molar-refractivity contribution < 1.29 is 83.1 Å². The number of aliphatic carboxylic acids is 1. The molecule has 19 N–H and O–H groups in total. The minimum Gasteiger partial charge on any atom is -0.508 e. The number of nitrogens with zero attached hydrogens (tertiary/aromatic N) is 2. The predicted molar refractivity (Wildman–Crippen MR) is 388 cm³/mol. The molecular formula is C74H108N14O17. The lowest BCUT2D eigenvalue weighted by molar-refractivity contribution is -0.143. The number of hydrogen-bond acceptors (Lipinski definition) is 18. The van der Waals surface area contributed by atoms with Crippen LogP contribution in [0.3, 0.4) is 0 Å². The number of H-pyrrole nitrogens is 1. The van der Waals surface area contributed by atoms with E-state index in [2.05, 4.69) is 52.8 Å². The number of phenols is 2. The van der Waals surface area contributed by atoms with Crippen LogP contribution in [0.2, 0.25) is 0 Å². The van der Waals surface area contributed by atoms with E-state index in [9.17, 15) is 73.5 Å². The highest BCUT2D eigenvalue weighted by Gasteiger charge is 2.44. The quantitative estimate of drug-likeness (QED) is 0.0266. The Morgan fingerprint density at radius 2 is 0.905 bits per heavy atom. The van der Waals surface area contributed by atoms with Crippen LogP contribution in [0.15, 0.2) is 79.0 Å². The number of nitrogens with two attached hydrogens (primary N) is 2. The molecule has 0 bridgehead atoms. The number of nitrogens with one attached hydrogen (secondary N) is 10. The van der Waals surface area contributed by atoms with Crippen molar-refractivity contribution in [1.29, 1.82) is 0 Å². The third kappa shape index (κ3) is 25.0. The highest BCUT2D eigenvalue weighted by molar-refractivity contribution is 6.00. The van der Waals surface area contributed by atoms with Crippen molar-refractivity contribution in [3.8, 4) is 11.5 Å². The Morgan fingerprint density at radius 3 is 1.40 bits per heavy atom. The molecule has 3 heterocycles. The van der Waals surface area contributed by atoms with Crippen LogP contribution in [0.25, 0.3) is 10.9 Å². The molecule has 31 nitrogen and oxygen atoms in total. The number of likely N-dealkylation sites (tertiary alicyclic amines) is 2. The molecule has 2 aliphatic rings. The fourth-order valence-corrected chi connectivity index (χ4v) is 13.0. The number of unbranched alkanes of at least 4 members (excludes halogenated alkanes) is 1. The maximum absolute atomic E-state index is 15.4. The lowest BCUT2D eigenvalue weighted by Gasteiger charge is -2.32. The van der Waals surface area contributed by atoms with Crippen molar-refractivity contribution in [2.45, 2.75) is 211 Å². The number of amides is 11. The lowest BCUT2D eigenvalue weighted by Crippen LogP contribution is -2.62. The molecule has 2 saturated heterocycles. The molecule has 0 saturated carbocycles. The third-order valence-electron chi connectivity index (χ3n) is 18.6. The van der Waals surface area contributed by atoms with E-state index in [-0.39, 0.29) is 93.7 Å². The van der Waals surface area contributed by atoms with Crippen LogP contribution in [0.4, 0.5) is 0 Å². The zero-order chi connectivity index (χ0) is 77.4. The van der Waals surface area contributed by atoms with Crippen molar-refractivity contribution in [3.63, 3.8) is 0 Å². The van der Waals surface area contributed by atoms with Gasteiger partial charge in [-0.25, -0.2) is 4.79 Å². The third-order valence-corrected chi connectivity index (χ3v) is 18.6. The molecule has 0 aliphatic carbocycles. The molecule has 11 amide bonds. The maximum atomic E-state index is 15.4. The highest BCUT2D eigenvalue weighted by atomic mass is 16.4. The zero-order valence-corrected chi connectivity index (χ0v) is 61.2. The Hall–Kier alpha value is -9.72. The molecule has 2 aliphatic heterocycles. The van der Waals surface area contributed by atoms with E-state index >= 15 is 9.59 Å². The number of fused-ring (bicyclic) bond motifs is 1. The molecule has 6 rings (SSSR count). The van der Waals surface area contributed by atoms with Crippen LogP contribution >= 0.6 is 0 Å². The van der Waals surface area contributed by atoms with Crippen LogP contribution in [-0.4, -0.2) is 217 Å². The predicted octanol–water partition coefficient (Wildman–Crippen LogP) is 0.272. The summed E-state index contributed by atoms with van der Waals surface area (Å²) in [5.41, 5.74) is 14.3. The number of aromatic amines is 1. The summed E-state index contributed by atoms with van der Waals surface area (Å²) in [5, 5.41) is 74.7. The van der Waals surface area contributed by atoms with Gasteiger partial charge in [0.05, 0.1) is 19.3 Å². The number of aliphatic hydroxyl groups is 2. The van der Waals surface area contributed by atoms with Gasteiger partial charge in [-0.3, -0.25) is 52.7 Å². The standard InChI is InChI=1S/C74H108N14O17/c1-40(2)31-52(64(94)84-59(39-90)68(98)85-58(38-89)67(97)83-57(74(104)105)33-42(5)6)80-71(101)62(43(7)8)86-70(100)61-19-14-30-88(61)73(103)56(36-46-37-77-51-17-10-9-15-49(46)51)82-66(96)54(35-45-22-26-48(92)27-23-45)79-69(99)60-18-13-29-87(60)72(102)55(32-41(3)4)81-65(95)53(34-44-20-24-47(91)25-21-44)78-63(93)50(76)16-11-12-28-75/h9-10,15,17,20-27,37,40-43,50,52-62,77,89-92H,11-14,16,18-19,28-36,38-39,75-76H2,1-8H3,(H,78,93)(H,79,99)(H,80,101)(H,81,95)(H,82,96)(H,83,97)(H,84,94)(H,85,98)(H,86,100)(H,104,105)/t50-,52-,53-,54-,55-,56-,57-,58-,59-,60-,61-,62-/m0/s1. The summed E-state index contributed by atoms with van der Waals surface area (Å²) < 4.78 is 0. The topological polar surface area (TPSA) is 489 Å². The largest absolute Gasteiger partial charge is 0.508 e. The summed E-state index contributed by atoms with van der Waals surface area (Å²) in [6.07, 6.45) is 3.94. The molecule has 576 valence electrons. The molecular weight excluding hydrogens is 1360 g/mol. The first-order valence-corrected chi connectivity index (χ1v) is 36.2. The number of carbonyl (C=O) groups is 12. The number of hydrogen-bond donors (Lipinski definition) is 17. The second kappa shape index (κ2) is 40.5. The minimum atomic E-state index is -1.73. The van der Waals surface area contributed by atoms with E-state index in [0.717, 1.165) is 10.9 Å². The first kappa shape index (κ1) is 84.2. The number of carbonyl (C=O) groups excluding carboxylic acids is 11. The van der Waals surface area contributed by atoms with E-state index in [0.29, 0.717) is 55.3 Å². The van der Waals surface area contributed by atoms with E-state index in [1.807, 2.05) is 32.0 Å². The van der Waals surface area contributed by atoms with Crippen LogP contribution in [0.5, 0.6) is 11.5 Å². The Balaban J connectivity index is 1.22. The van der Waals surface area contributed by atoms with Gasteiger partial charge in [0.2, 0.25) is 65.0 Å². The van der Waals surface area contributed by atoms with E-state index in [1.54, 1.807) is 78.1 Å². The van der Waals surface area contributed by atoms with Crippen LogP contribution in [0, 0.1) is 23.7 Å². The summed E-state index contributed by atoms with van der Waals surface area (Å²) in [6, 6.07) is 3.13. The Morgan fingerprint density at radius 1 is 0.486 bits per heavy atom. The molecule has 1 aromatic heterocycles. The van der Waals surface area contributed by atoms with Crippen molar-refractivity contribution in [2.75, 3.05) is 32.8 Å². The van der Waals surface area contributed by atoms with Crippen LogP contribution < -0.4 is 59.3 Å². The van der Waals surface area contributed by atoms with Crippen molar-refractivity contribution in [1.82, 2.24) is 62.6 Å². The SMILES string of the molecule is CC(C)C[C@H](NC(=O)[C@H](CO)NC(=O)[C@H](CO)NC(=O)[C@H](CC(C)C)NC(=O)[C@@H](NC(=O)[C@@H]1CCCN1C(=O)[C@H](Cc1c[nH]c2ccccc12)NC(=O)[C@H](Cc1ccc(O)cc1)NC(=O)[C@@H]1CCCN1C(=O)[C@H](CC(C)C)NC(=O)[C@H](Cc1ccc(O)cc1)NC(=O)[C@@H](N)CCCCN)C(C)C)C(=O)O. The van der Waals surface area contributed by atoms with Gasteiger partial charge in [-0.15, -0.1) is 0 Å². The number of aromatic nitrogens is 1. The van der Waals surface area contributed by atoms with Gasteiger partial charge in [-0.05, 0) is 135 Å². The fraction of sp³-hybridized carbons (Fsp3) is 0.568. The summed E-state index contributed by atoms with van der Waals surface area (Å²) in [4.78, 5) is 176. The Kier molecular flexibility index (Phi) is 32.5. The number of carboxylic acid groups (broad SMARTS) is 1. The summed E-state index contributed by atoms with van der Waals surface area (Å²) >= 11 is 0. The summed E-state index contributed by atoms with van der Waals surface area (Å²) in [5.74, 6) is -11.5. The van der Waals surface area contributed by atoms with Crippen molar-refractivity contribution in [3.05, 3.63) is 95.7 Å². The molecule has 0 unspecified atom stereocenters. The van der Waals surface area contributed by atoms with Gasteiger partial charge >= 0.3 is 5.97 Å². The average Bonchev–Trinajstić information content (AvgIpc) is 1.64. The number of benzene rings is 3. The average molecular weight is 1470 g/mol. The fourth-order valence-electron chi connectivity index (χ4n) is 13.0. The molecule has 0 spiro atoms. The molecule has 3 aromatic carbocycles. The Labute approximate surface area is 611 Å². The summed E-state index contributed by atoms with van der Waals surface area (Å²) in [6.45, 7) is 12.5. The second-order valence-corrected chi connectivity index (χ2v) is 28.9. The van der Waals surface area contributed by atoms with Gasteiger partial charge in [0.25, 0.3) is 0 Å². The first-order valence-electron chi connectivity index (χ1n) is 36.2. The smallest absolute Gasteiger partial charge is 0.326 e. The number of rotatable bonds is 40. The molecule has 31 heteroatoms. The van der Waals surface area contributed by atoms with E-state index < -0.39 is 163 Å². The van der Waals surface area contributed by atoms with Gasteiger partial charge in [0.15, 0.2) is 0 Å². The normalized spacial score (nSPS) is 17.3. The van der Waals surface area contributed by atoms with Crippen LogP contribution in [0.1, 0.15) is 136 Å². The van der Waals surface area contributed by atoms with Gasteiger partial charge < -0.3 is 99.6 Å². The number of aliphatic hydroxyl groups excluding tert-OH is 2. The van der Waals surface area contributed by atoms with E-state index in [1.165, 1.54) is 34.1 Å². The van der Waals surface area contributed by atoms with Crippen molar-refractivity contribution >= 4 is 81.9 Å². The molecule has 105 heavy (non-hydrogen) atoms. The number of phenolic OH excluding ortho intramolecular Hbond substituents is 2. The molecule has 0 radical (unpaired) electrons. The second-order valence-electron chi connectivity index (χ2n) is 28.9. The van der Waals surface area contributed by atoms with Gasteiger partial charge in [0.1, 0.15) is 78.0 Å². The molecule has 12 atom stereocenters. The molecule has 2 fully saturated rings. The van der Waals surface area contributed by atoms with Crippen LogP contribution in [-0.2, 0) is 76.8 Å². The van der Waals surface area contributed by atoms with E-state index in [4.69, 9.17) is 11.5 Å². The maximum Gasteiger partial charge on any atom is 0.326 e. The number of aromatic hydroxyl groups is 2. The van der Waals surface area contributed by atoms with Gasteiger partial charge in [0, 0.05) is 49.5 Å². The van der Waals surface area contributed by atoms with Gasteiger partial charge in [-0.2, -0.15) is 0 Å². The zero-order valence-electron chi connectivity index (χ0n) is 61.2. The lowest BCUT2D eigenvalue weighted by atomic mass is 9.99. The van der Waals surface area contributed by atoms with Crippen molar-refractivity contribution in [2.24, 2.45) is 35.1 Å². The van der Waals surface area contributed by atoms with Gasteiger partial charge in [-0.1, -0.05) is 104 Å². The monoisotopic (exact) mass is 1460 g/mol. The first-order chi connectivity index (χ1) is 49.8.